The number of hydrogen-bond acceptors (Lipinski definition) is 8. The summed E-state index contributed by atoms with van der Waals surface area (Å²) in [5.41, 5.74) is 0.705. The predicted octanol–water partition coefficient (Wildman–Crippen LogP) is 1.73. The number of piperazine rings is 1. The van der Waals surface area contributed by atoms with Gasteiger partial charge in [0.25, 0.3) is 0 Å². The number of aryl methyl sites for hydroxylation is 2. The van der Waals surface area contributed by atoms with Crippen LogP contribution in [-0.4, -0.2) is 94.7 Å². The van der Waals surface area contributed by atoms with Gasteiger partial charge in [-0.25, -0.2) is 13.2 Å². The van der Waals surface area contributed by atoms with Gasteiger partial charge in [-0.1, -0.05) is 0 Å². The maximum Gasteiger partial charge on any atom is 0.410 e. The SMILES string of the molecule is COc1cc(C)c(S(=O)(=O)CNCCOCC(=O)N2CCN(C(=O)OC(C)(C)C)CC2)c(C)c1. The predicted molar refractivity (Wildman–Crippen MR) is 128 cm³/mol. The average molecular weight is 500 g/mol. The standard InChI is InChI=1S/C23H37N3O7S/c1-17-13-19(31-6)14-18(2)21(17)34(29,30)16-24-7-12-32-15-20(27)25-8-10-26(11-9-25)22(28)33-23(3,4)5/h13-14,24H,7-12,15-16H2,1-6H3. The third-order valence-corrected chi connectivity index (χ3v) is 7.06. The number of methoxy groups -OCH3 is 1. The highest BCUT2D eigenvalue weighted by atomic mass is 32.2. The van der Waals surface area contributed by atoms with Gasteiger partial charge in [0.1, 0.15) is 23.8 Å². The first kappa shape index (κ1) is 27.9. The number of ether oxygens (including phenoxy) is 3. The van der Waals surface area contributed by atoms with Gasteiger partial charge >= 0.3 is 6.09 Å². The Labute approximate surface area is 202 Å². The van der Waals surface area contributed by atoms with Crippen LogP contribution in [0.15, 0.2) is 17.0 Å². The zero-order chi connectivity index (χ0) is 25.5. The topological polar surface area (TPSA) is 114 Å². The molecule has 1 fully saturated rings. The Morgan fingerprint density at radius 1 is 1.03 bits per heavy atom. The zero-order valence-electron chi connectivity index (χ0n) is 21.0. The van der Waals surface area contributed by atoms with Gasteiger partial charge in [0.2, 0.25) is 5.91 Å². The third-order valence-electron chi connectivity index (χ3n) is 5.21. The first-order valence-corrected chi connectivity index (χ1v) is 12.9. The van der Waals surface area contributed by atoms with E-state index < -0.39 is 15.4 Å². The molecular weight excluding hydrogens is 462 g/mol. The molecule has 0 saturated carbocycles. The number of carbonyl (C=O) groups excluding carboxylic acids is 2. The van der Waals surface area contributed by atoms with Gasteiger partial charge in [-0.2, -0.15) is 0 Å². The third kappa shape index (κ3) is 8.14. The van der Waals surface area contributed by atoms with Crippen molar-refractivity contribution in [2.24, 2.45) is 0 Å². The summed E-state index contributed by atoms with van der Waals surface area (Å²) in [5, 5.41) is 2.87. The zero-order valence-corrected chi connectivity index (χ0v) is 21.8. The second-order valence-corrected chi connectivity index (χ2v) is 11.2. The molecule has 2 amide bonds. The van der Waals surface area contributed by atoms with E-state index in [0.29, 0.717) is 48.0 Å². The summed E-state index contributed by atoms with van der Waals surface area (Å²) >= 11 is 0. The summed E-state index contributed by atoms with van der Waals surface area (Å²) in [6, 6.07) is 3.39. The van der Waals surface area contributed by atoms with Crippen LogP contribution in [0.5, 0.6) is 5.75 Å². The average Bonchev–Trinajstić information content (AvgIpc) is 2.74. The van der Waals surface area contributed by atoms with E-state index in [1.54, 1.807) is 42.9 Å². The highest BCUT2D eigenvalue weighted by Gasteiger charge is 2.27. The molecule has 1 aliphatic rings. The number of sulfone groups is 1. The molecular formula is C23H37N3O7S. The monoisotopic (exact) mass is 499 g/mol. The van der Waals surface area contributed by atoms with E-state index >= 15 is 0 Å². The lowest BCUT2D eigenvalue weighted by atomic mass is 10.1. The van der Waals surface area contributed by atoms with E-state index in [9.17, 15) is 18.0 Å². The minimum absolute atomic E-state index is 0.0996. The Balaban J connectivity index is 1.69. The largest absolute Gasteiger partial charge is 0.497 e. The normalized spacial score (nSPS) is 14.8. The maximum absolute atomic E-state index is 12.7. The number of benzene rings is 1. The van der Waals surface area contributed by atoms with Gasteiger partial charge in [-0.05, 0) is 57.9 Å². The van der Waals surface area contributed by atoms with E-state index in [-0.39, 0.29) is 37.6 Å². The molecule has 0 atom stereocenters. The van der Waals surface area contributed by atoms with Crippen LogP contribution >= 0.6 is 0 Å². The lowest BCUT2D eigenvalue weighted by Crippen LogP contribution is -2.52. The summed E-state index contributed by atoms with van der Waals surface area (Å²) in [5.74, 6) is 0.220. The van der Waals surface area contributed by atoms with Crippen molar-refractivity contribution in [2.75, 3.05) is 58.9 Å². The van der Waals surface area contributed by atoms with E-state index in [1.807, 2.05) is 20.8 Å². The molecule has 0 spiro atoms. The van der Waals surface area contributed by atoms with Crippen LogP contribution in [0.3, 0.4) is 0 Å². The highest BCUT2D eigenvalue weighted by Crippen LogP contribution is 2.26. The Morgan fingerprint density at radius 3 is 2.12 bits per heavy atom. The lowest BCUT2D eigenvalue weighted by Gasteiger charge is -2.35. The van der Waals surface area contributed by atoms with Crippen LogP contribution in [0, 0.1) is 13.8 Å². The van der Waals surface area contributed by atoms with Crippen molar-refractivity contribution < 1.29 is 32.2 Å². The first-order valence-electron chi connectivity index (χ1n) is 11.3. The van der Waals surface area contributed by atoms with E-state index in [4.69, 9.17) is 14.2 Å². The Hall–Kier alpha value is -2.37. The summed E-state index contributed by atoms with van der Waals surface area (Å²) in [6.07, 6.45) is -0.378. The molecule has 1 aromatic carbocycles. The van der Waals surface area contributed by atoms with E-state index in [2.05, 4.69) is 5.32 Å². The van der Waals surface area contributed by atoms with Gasteiger partial charge in [-0.15, -0.1) is 0 Å². The molecule has 1 heterocycles. The molecule has 1 saturated heterocycles. The molecule has 0 bridgehead atoms. The van der Waals surface area contributed by atoms with Crippen LogP contribution < -0.4 is 10.1 Å². The summed E-state index contributed by atoms with van der Waals surface area (Å²) in [4.78, 5) is 28.0. The number of carbonyl (C=O) groups is 2. The second-order valence-electron chi connectivity index (χ2n) is 9.25. The second kappa shape index (κ2) is 11.9. The van der Waals surface area contributed by atoms with Gasteiger partial charge in [0.15, 0.2) is 9.84 Å². The van der Waals surface area contributed by atoms with Gasteiger partial charge in [0.05, 0.1) is 18.6 Å². The number of rotatable bonds is 9. The fourth-order valence-electron chi connectivity index (χ4n) is 3.66. The molecule has 0 aromatic heterocycles. The molecule has 1 aliphatic heterocycles. The molecule has 34 heavy (non-hydrogen) atoms. The van der Waals surface area contributed by atoms with Crippen LogP contribution in [0.2, 0.25) is 0 Å². The Kier molecular flexibility index (Phi) is 9.72. The van der Waals surface area contributed by atoms with Crippen LogP contribution in [0.1, 0.15) is 31.9 Å². The van der Waals surface area contributed by atoms with Gasteiger partial charge < -0.3 is 29.3 Å². The lowest BCUT2D eigenvalue weighted by molar-refractivity contribution is -0.137. The van der Waals surface area contributed by atoms with Crippen molar-refractivity contribution in [3.63, 3.8) is 0 Å². The minimum Gasteiger partial charge on any atom is -0.497 e. The summed E-state index contributed by atoms with van der Waals surface area (Å²) in [6.45, 7) is 10.9. The maximum atomic E-state index is 12.7. The number of hydrogen-bond donors (Lipinski definition) is 1. The van der Waals surface area contributed by atoms with Crippen LogP contribution in [0.4, 0.5) is 4.79 Å². The van der Waals surface area contributed by atoms with Crippen molar-refractivity contribution >= 4 is 21.8 Å². The number of amides is 2. The minimum atomic E-state index is -3.53. The molecule has 0 aliphatic carbocycles. The van der Waals surface area contributed by atoms with Crippen LogP contribution in [0.25, 0.3) is 0 Å². The van der Waals surface area contributed by atoms with E-state index in [0.717, 1.165) is 0 Å². The molecule has 192 valence electrons. The first-order chi connectivity index (χ1) is 15.8. The summed E-state index contributed by atoms with van der Waals surface area (Å²) in [7, 11) is -1.99. The van der Waals surface area contributed by atoms with Crippen molar-refractivity contribution in [3.8, 4) is 5.75 Å². The fourth-order valence-corrected chi connectivity index (χ4v) is 5.31. The molecule has 11 heteroatoms. The number of nitrogens with zero attached hydrogens (tertiary/aromatic N) is 2. The summed E-state index contributed by atoms with van der Waals surface area (Å²) < 4.78 is 41.4. The van der Waals surface area contributed by atoms with Gasteiger partial charge in [-0.3, -0.25) is 4.79 Å². The van der Waals surface area contributed by atoms with Crippen molar-refractivity contribution in [1.82, 2.24) is 15.1 Å². The molecule has 10 nitrogen and oxygen atoms in total. The number of nitrogens with one attached hydrogen (secondary N) is 1. The smallest absolute Gasteiger partial charge is 0.410 e. The van der Waals surface area contributed by atoms with E-state index in [1.165, 1.54) is 0 Å². The molecule has 1 N–H and O–H groups in total. The molecule has 1 aromatic rings. The molecule has 0 unspecified atom stereocenters. The Morgan fingerprint density at radius 2 is 1.59 bits per heavy atom. The van der Waals surface area contributed by atoms with Gasteiger partial charge in [0, 0.05) is 32.7 Å². The fraction of sp³-hybridized carbons (Fsp3) is 0.652. The Bertz CT molecular complexity index is 942. The van der Waals surface area contributed by atoms with Crippen molar-refractivity contribution in [1.29, 1.82) is 0 Å². The quantitative estimate of drug-likeness (QED) is 0.511. The van der Waals surface area contributed by atoms with Crippen LogP contribution in [-0.2, 0) is 24.1 Å². The highest BCUT2D eigenvalue weighted by molar-refractivity contribution is 7.91. The molecule has 0 radical (unpaired) electrons. The molecule has 2 rings (SSSR count). The van der Waals surface area contributed by atoms with Crippen molar-refractivity contribution in [2.45, 2.75) is 45.1 Å². The van der Waals surface area contributed by atoms with Crippen molar-refractivity contribution in [3.05, 3.63) is 23.3 Å².